The molecule has 1 aromatic heterocycles. The van der Waals surface area contributed by atoms with Crippen molar-refractivity contribution in [3.05, 3.63) is 57.5 Å². The lowest BCUT2D eigenvalue weighted by atomic mass is 9.95. The molecule has 2 heterocycles. The Balaban J connectivity index is 2.10. The van der Waals surface area contributed by atoms with Crippen LogP contribution in [0.25, 0.3) is 0 Å². The van der Waals surface area contributed by atoms with Crippen molar-refractivity contribution in [1.82, 2.24) is 4.90 Å². The summed E-state index contributed by atoms with van der Waals surface area (Å²) in [5, 5.41) is 12.4. The minimum atomic E-state index is -0.698. The van der Waals surface area contributed by atoms with Crippen LogP contribution in [0.3, 0.4) is 0 Å². The monoisotopic (exact) mass is 417 g/mol. The maximum absolute atomic E-state index is 13.2. The second kappa shape index (κ2) is 8.67. The summed E-state index contributed by atoms with van der Waals surface area (Å²) in [4.78, 5) is 29.2. The van der Waals surface area contributed by atoms with E-state index >= 15 is 0 Å². The van der Waals surface area contributed by atoms with E-state index in [1.165, 1.54) is 18.4 Å². The molecule has 0 fully saturated rings. The number of ether oxygens (including phenoxy) is 2. The normalized spacial score (nSPS) is 16.7. The minimum Gasteiger partial charge on any atom is -0.503 e. The predicted molar refractivity (Wildman–Crippen MR) is 110 cm³/mol. The molecule has 2 N–H and O–H groups in total. The van der Waals surface area contributed by atoms with Crippen LogP contribution < -0.4 is 14.4 Å². The third kappa shape index (κ3) is 3.99. The number of hydrogen-bond donors (Lipinski definition) is 2. The van der Waals surface area contributed by atoms with E-state index < -0.39 is 17.7 Å². The number of methoxy groups -OCH3 is 2. The fourth-order valence-electron chi connectivity index (χ4n) is 3.37. The number of Topliss-reactive ketones (excluding diaryl/α,β-unsaturated/α-hetero) is 1. The molecule has 0 spiro atoms. The van der Waals surface area contributed by atoms with Gasteiger partial charge in [-0.05, 0) is 29.1 Å². The predicted octanol–water partition coefficient (Wildman–Crippen LogP) is 1.49. The molecule has 7 nitrogen and oxygen atoms in total. The number of nitrogens with zero attached hydrogens (tertiary/aromatic N) is 1. The molecule has 2 aromatic rings. The van der Waals surface area contributed by atoms with Crippen molar-refractivity contribution in [3.8, 4) is 11.5 Å². The van der Waals surface area contributed by atoms with Gasteiger partial charge in [0.15, 0.2) is 17.3 Å². The fraction of sp³-hybridized carbons (Fsp3) is 0.333. The van der Waals surface area contributed by atoms with E-state index in [1.807, 2.05) is 14.1 Å². The average Bonchev–Trinajstić information content (AvgIpc) is 3.33. The zero-order valence-electron chi connectivity index (χ0n) is 16.9. The Bertz CT molecular complexity index is 937. The summed E-state index contributed by atoms with van der Waals surface area (Å²) in [7, 11) is 7.04. The maximum atomic E-state index is 13.2. The van der Waals surface area contributed by atoms with Gasteiger partial charge in [-0.2, -0.15) is 0 Å². The Morgan fingerprint density at radius 1 is 1.21 bits per heavy atom. The first-order chi connectivity index (χ1) is 13.9. The van der Waals surface area contributed by atoms with Crippen LogP contribution in [0.15, 0.2) is 47.0 Å². The molecule has 8 heteroatoms. The van der Waals surface area contributed by atoms with E-state index in [0.29, 0.717) is 35.0 Å². The van der Waals surface area contributed by atoms with E-state index in [1.54, 1.807) is 47.7 Å². The molecule has 0 saturated heterocycles. The van der Waals surface area contributed by atoms with Gasteiger partial charge in [-0.15, -0.1) is 11.3 Å². The van der Waals surface area contributed by atoms with Gasteiger partial charge >= 0.3 is 0 Å². The SMILES string of the molecule is COc1ccc([C@H]2C(C(=O)c3cccs3)=C(O)C(=O)N2CC[NH+](C)C)cc1OC. The molecule has 0 bridgehead atoms. The van der Waals surface area contributed by atoms with Gasteiger partial charge in [0.05, 0.1) is 57.9 Å². The zero-order valence-corrected chi connectivity index (χ0v) is 17.7. The summed E-state index contributed by atoms with van der Waals surface area (Å²) in [6.45, 7) is 1.06. The quantitative estimate of drug-likeness (QED) is 0.636. The third-order valence-electron chi connectivity index (χ3n) is 4.87. The highest BCUT2D eigenvalue weighted by molar-refractivity contribution is 7.12. The third-order valence-corrected chi connectivity index (χ3v) is 5.74. The Labute approximate surface area is 173 Å². The summed E-state index contributed by atoms with van der Waals surface area (Å²) in [6.07, 6.45) is 0. The second-order valence-corrected chi connectivity index (χ2v) is 7.99. The topological polar surface area (TPSA) is 80.5 Å². The van der Waals surface area contributed by atoms with Crippen molar-refractivity contribution < 1.29 is 29.1 Å². The lowest BCUT2D eigenvalue weighted by Gasteiger charge is -2.27. The van der Waals surface area contributed by atoms with Crippen LogP contribution >= 0.6 is 11.3 Å². The van der Waals surface area contributed by atoms with Gasteiger partial charge < -0.3 is 24.4 Å². The summed E-state index contributed by atoms with van der Waals surface area (Å²) in [5.74, 6) is -0.331. The van der Waals surface area contributed by atoms with Crippen molar-refractivity contribution in [2.75, 3.05) is 41.4 Å². The van der Waals surface area contributed by atoms with Gasteiger partial charge in [0, 0.05) is 0 Å². The molecule has 1 aromatic carbocycles. The lowest BCUT2D eigenvalue weighted by molar-refractivity contribution is -0.857. The molecule has 0 saturated carbocycles. The van der Waals surface area contributed by atoms with Crippen LogP contribution in [0.1, 0.15) is 21.3 Å². The number of hydrogen-bond acceptors (Lipinski definition) is 6. The van der Waals surface area contributed by atoms with E-state index in [2.05, 4.69) is 0 Å². The number of amides is 1. The molecule has 1 amide bonds. The summed E-state index contributed by atoms with van der Waals surface area (Å²) < 4.78 is 10.7. The number of likely N-dealkylation sites (N-methyl/N-ethyl adjacent to an activating group) is 1. The van der Waals surface area contributed by atoms with Crippen LogP contribution in [0.4, 0.5) is 0 Å². The highest BCUT2D eigenvalue weighted by Crippen LogP contribution is 2.41. The Morgan fingerprint density at radius 3 is 2.52 bits per heavy atom. The number of quaternary nitrogens is 1. The molecule has 0 unspecified atom stereocenters. The number of benzene rings is 1. The second-order valence-electron chi connectivity index (χ2n) is 7.04. The number of carbonyl (C=O) groups is 2. The Hall–Kier alpha value is -2.84. The van der Waals surface area contributed by atoms with Crippen molar-refractivity contribution in [1.29, 1.82) is 0 Å². The molecule has 154 valence electrons. The Kier molecular flexibility index (Phi) is 6.24. The van der Waals surface area contributed by atoms with Gasteiger partial charge in [0.2, 0.25) is 5.78 Å². The van der Waals surface area contributed by atoms with Gasteiger partial charge in [-0.1, -0.05) is 12.1 Å². The molecule has 1 aliphatic heterocycles. The molecule has 1 aliphatic rings. The van der Waals surface area contributed by atoms with E-state index in [0.717, 1.165) is 4.90 Å². The molecule has 0 aliphatic carbocycles. The first kappa shape index (κ1) is 20.9. The lowest BCUT2D eigenvalue weighted by Crippen LogP contribution is -3.06. The minimum absolute atomic E-state index is 0.0958. The van der Waals surface area contributed by atoms with E-state index in [-0.39, 0.29) is 11.4 Å². The number of rotatable bonds is 8. The van der Waals surface area contributed by atoms with Crippen LogP contribution in [0.5, 0.6) is 11.5 Å². The van der Waals surface area contributed by atoms with Gasteiger partial charge in [0.1, 0.15) is 0 Å². The van der Waals surface area contributed by atoms with Crippen molar-refractivity contribution >= 4 is 23.0 Å². The fourth-order valence-corrected chi connectivity index (χ4v) is 4.05. The first-order valence-corrected chi connectivity index (χ1v) is 10.1. The van der Waals surface area contributed by atoms with E-state index in [4.69, 9.17) is 9.47 Å². The smallest absolute Gasteiger partial charge is 0.290 e. The summed E-state index contributed by atoms with van der Waals surface area (Å²) >= 11 is 1.28. The van der Waals surface area contributed by atoms with Crippen molar-refractivity contribution in [2.24, 2.45) is 0 Å². The number of ketones is 1. The standard InChI is InChI=1S/C21H24N2O5S/c1-22(2)9-10-23-18(13-7-8-14(27-3)15(12-13)28-4)17(20(25)21(23)26)19(24)16-6-5-11-29-16/h5-8,11-12,18,25H,9-10H2,1-4H3/p+1/t18-/m0/s1. The number of thiophene rings is 1. The number of carbonyl (C=O) groups excluding carboxylic acids is 2. The molecule has 3 rings (SSSR count). The molecule has 0 radical (unpaired) electrons. The summed E-state index contributed by atoms with van der Waals surface area (Å²) in [6, 6.07) is 8.02. The van der Waals surface area contributed by atoms with Gasteiger partial charge in [-0.3, -0.25) is 9.59 Å². The highest BCUT2D eigenvalue weighted by Gasteiger charge is 2.44. The maximum Gasteiger partial charge on any atom is 0.290 e. The summed E-state index contributed by atoms with van der Waals surface area (Å²) in [5.41, 5.74) is 0.770. The molecule has 29 heavy (non-hydrogen) atoms. The van der Waals surface area contributed by atoms with Crippen molar-refractivity contribution in [2.45, 2.75) is 6.04 Å². The zero-order chi connectivity index (χ0) is 21.1. The molecular weight excluding hydrogens is 392 g/mol. The molecule has 1 atom stereocenters. The van der Waals surface area contributed by atoms with Gasteiger partial charge in [-0.25, -0.2) is 0 Å². The van der Waals surface area contributed by atoms with Crippen LogP contribution in [0.2, 0.25) is 0 Å². The van der Waals surface area contributed by atoms with Crippen molar-refractivity contribution in [3.63, 3.8) is 0 Å². The average molecular weight is 418 g/mol. The number of nitrogens with one attached hydrogen (secondary N) is 1. The van der Waals surface area contributed by atoms with Gasteiger partial charge in [0.25, 0.3) is 5.91 Å². The molecular formula is C21H25N2O5S+. The van der Waals surface area contributed by atoms with Crippen LogP contribution in [-0.2, 0) is 4.79 Å². The number of aliphatic hydroxyl groups excluding tert-OH is 1. The first-order valence-electron chi connectivity index (χ1n) is 9.22. The Morgan fingerprint density at radius 2 is 1.93 bits per heavy atom. The van der Waals surface area contributed by atoms with Crippen LogP contribution in [0, 0.1) is 0 Å². The largest absolute Gasteiger partial charge is 0.503 e. The highest BCUT2D eigenvalue weighted by atomic mass is 32.1. The van der Waals surface area contributed by atoms with E-state index in [9.17, 15) is 14.7 Å². The number of aliphatic hydroxyl groups is 1. The van der Waals surface area contributed by atoms with Crippen LogP contribution in [-0.4, -0.2) is 63.1 Å².